The van der Waals surface area contributed by atoms with Gasteiger partial charge in [0.1, 0.15) is 17.6 Å². The van der Waals surface area contributed by atoms with E-state index in [2.05, 4.69) is 9.97 Å². The fraction of sp³-hybridized carbons (Fsp3) is 0.500. The summed E-state index contributed by atoms with van der Waals surface area (Å²) in [7, 11) is 3.79. The number of rotatable bonds is 3. The van der Waals surface area contributed by atoms with Crippen molar-refractivity contribution in [1.29, 1.82) is 0 Å². The van der Waals surface area contributed by atoms with Gasteiger partial charge in [-0.1, -0.05) is 20.8 Å². The minimum Gasteiger partial charge on any atom is -0.337 e. The van der Waals surface area contributed by atoms with Crippen LogP contribution in [-0.2, 0) is 18.9 Å². The zero-order chi connectivity index (χ0) is 14.2. The summed E-state index contributed by atoms with van der Waals surface area (Å²) in [5.74, 6) is 1.15. The molecular formula is C14H20N4O. The number of carbonyl (C=O) groups excluding carboxylic acids is 1. The first-order valence-corrected chi connectivity index (χ1v) is 6.31. The van der Waals surface area contributed by atoms with Gasteiger partial charge in [0.2, 0.25) is 0 Å². The molecule has 0 aliphatic carbocycles. The van der Waals surface area contributed by atoms with E-state index in [4.69, 9.17) is 0 Å². The summed E-state index contributed by atoms with van der Waals surface area (Å²) in [6.07, 6.45) is 7.12. The first-order chi connectivity index (χ1) is 8.82. The fourth-order valence-corrected chi connectivity index (χ4v) is 2.09. The summed E-state index contributed by atoms with van der Waals surface area (Å²) in [4.78, 5) is 21.4. The lowest BCUT2D eigenvalue weighted by molar-refractivity contribution is -0.127. The lowest BCUT2D eigenvalue weighted by atomic mass is 9.82. The molecule has 2 rings (SSSR count). The molecule has 2 aromatic rings. The number of nitrogens with zero attached hydrogens (tertiary/aromatic N) is 4. The molecule has 0 atom stereocenters. The molecule has 0 spiro atoms. The number of aromatic nitrogens is 4. The Morgan fingerprint density at radius 1 is 1.05 bits per heavy atom. The fourth-order valence-electron chi connectivity index (χ4n) is 2.09. The van der Waals surface area contributed by atoms with Crippen LogP contribution < -0.4 is 0 Å². The van der Waals surface area contributed by atoms with Crippen molar-refractivity contribution in [3.63, 3.8) is 0 Å². The summed E-state index contributed by atoms with van der Waals surface area (Å²) < 4.78 is 3.76. The van der Waals surface area contributed by atoms with Crippen LogP contribution in [0.4, 0.5) is 0 Å². The Bertz CT molecular complexity index is 548. The third-order valence-electron chi connectivity index (χ3n) is 3.23. The van der Waals surface area contributed by atoms with Crippen LogP contribution in [0.3, 0.4) is 0 Å². The SMILES string of the molecule is Cn1ccnc1C(C(=O)C(C)(C)C)c1nccn1C. The Hall–Kier alpha value is -1.91. The first-order valence-electron chi connectivity index (χ1n) is 6.31. The van der Waals surface area contributed by atoms with E-state index in [0.717, 1.165) is 11.6 Å². The van der Waals surface area contributed by atoms with Gasteiger partial charge in [-0.15, -0.1) is 0 Å². The van der Waals surface area contributed by atoms with Crippen LogP contribution in [-0.4, -0.2) is 24.9 Å². The van der Waals surface area contributed by atoms with Gasteiger partial charge < -0.3 is 9.13 Å². The molecule has 5 nitrogen and oxygen atoms in total. The Kier molecular flexibility index (Phi) is 3.30. The topological polar surface area (TPSA) is 52.7 Å². The molecule has 0 saturated heterocycles. The number of ketones is 1. The van der Waals surface area contributed by atoms with Gasteiger partial charge in [0.05, 0.1) is 0 Å². The molecular weight excluding hydrogens is 240 g/mol. The minimum absolute atomic E-state index is 0.121. The summed E-state index contributed by atoms with van der Waals surface area (Å²) in [5.41, 5.74) is -0.442. The molecule has 2 heterocycles. The van der Waals surface area contributed by atoms with Crippen molar-refractivity contribution in [2.24, 2.45) is 19.5 Å². The average Bonchev–Trinajstić information content (AvgIpc) is 2.89. The van der Waals surface area contributed by atoms with Crippen molar-refractivity contribution in [3.05, 3.63) is 36.4 Å². The zero-order valence-electron chi connectivity index (χ0n) is 12.1. The van der Waals surface area contributed by atoms with Gasteiger partial charge in [-0.3, -0.25) is 4.79 Å². The Morgan fingerprint density at radius 2 is 1.47 bits per heavy atom. The van der Waals surface area contributed by atoms with Crippen molar-refractivity contribution in [1.82, 2.24) is 19.1 Å². The van der Waals surface area contributed by atoms with E-state index >= 15 is 0 Å². The number of hydrogen-bond acceptors (Lipinski definition) is 3. The molecule has 2 aromatic heterocycles. The standard InChI is InChI=1S/C14H20N4O/c1-14(2,3)11(19)10(12-15-6-8-17(12)4)13-16-7-9-18(13)5/h6-10H,1-5H3. The molecule has 0 radical (unpaired) electrons. The summed E-state index contributed by atoms with van der Waals surface area (Å²) >= 11 is 0. The van der Waals surface area contributed by atoms with Crippen LogP contribution in [0.5, 0.6) is 0 Å². The number of Topliss-reactive ketones (excluding diaryl/α,β-unsaturated/α-hetero) is 1. The number of aryl methyl sites for hydroxylation is 2. The van der Waals surface area contributed by atoms with Crippen LogP contribution in [0.2, 0.25) is 0 Å². The van der Waals surface area contributed by atoms with E-state index in [9.17, 15) is 4.79 Å². The highest BCUT2D eigenvalue weighted by atomic mass is 16.1. The number of hydrogen-bond donors (Lipinski definition) is 0. The van der Waals surface area contributed by atoms with Gasteiger partial charge in [-0.05, 0) is 0 Å². The van der Waals surface area contributed by atoms with Gasteiger partial charge >= 0.3 is 0 Å². The lowest BCUT2D eigenvalue weighted by Gasteiger charge is -2.24. The molecule has 102 valence electrons. The molecule has 0 aliphatic heterocycles. The molecule has 0 unspecified atom stereocenters. The second-order valence-corrected chi connectivity index (χ2v) is 5.84. The largest absolute Gasteiger partial charge is 0.337 e. The quantitative estimate of drug-likeness (QED) is 0.847. The highest BCUT2D eigenvalue weighted by Crippen LogP contribution is 2.30. The van der Waals surface area contributed by atoms with Gasteiger partial charge in [-0.2, -0.15) is 0 Å². The van der Waals surface area contributed by atoms with Crippen molar-refractivity contribution in [3.8, 4) is 0 Å². The maximum atomic E-state index is 12.8. The van der Waals surface area contributed by atoms with E-state index in [1.54, 1.807) is 12.4 Å². The van der Waals surface area contributed by atoms with Crippen molar-refractivity contribution >= 4 is 5.78 Å². The van der Waals surface area contributed by atoms with Gasteiger partial charge in [0.15, 0.2) is 5.78 Å². The van der Waals surface area contributed by atoms with Crippen LogP contribution in [0.25, 0.3) is 0 Å². The van der Waals surface area contributed by atoms with E-state index < -0.39 is 11.3 Å². The molecule has 0 N–H and O–H groups in total. The van der Waals surface area contributed by atoms with E-state index in [1.165, 1.54) is 0 Å². The van der Waals surface area contributed by atoms with Crippen LogP contribution in [0.15, 0.2) is 24.8 Å². The van der Waals surface area contributed by atoms with Gasteiger partial charge in [0, 0.05) is 44.3 Å². The van der Waals surface area contributed by atoms with Crippen molar-refractivity contribution in [2.45, 2.75) is 26.7 Å². The summed E-state index contributed by atoms with van der Waals surface area (Å²) in [6.45, 7) is 5.77. The first kappa shape index (κ1) is 13.5. The molecule has 0 fully saturated rings. The smallest absolute Gasteiger partial charge is 0.156 e. The monoisotopic (exact) mass is 260 g/mol. The summed E-state index contributed by atoms with van der Waals surface area (Å²) in [5, 5.41) is 0. The number of imidazole rings is 2. The molecule has 19 heavy (non-hydrogen) atoms. The van der Waals surface area contributed by atoms with Crippen LogP contribution in [0, 0.1) is 5.41 Å². The predicted octanol–water partition coefficient (Wildman–Crippen LogP) is 1.90. The van der Waals surface area contributed by atoms with Crippen molar-refractivity contribution in [2.75, 3.05) is 0 Å². The van der Waals surface area contributed by atoms with Crippen LogP contribution >= 0.6 is 0 Å². The minimum atomic E-state index is -0.442. The molecule has 0 aliphatic rings. The molecule has 0 saturated carbocycles. The lowest BCUT2D eigenvalue weighted by Crippen LogP contribution is -2.31. The Balaban J connectivity index is 2.56. The maximum Gasteiger partial charge on any atom is 0.156 e. The molecule has 0 amide bonds. The van der Waals surface area contributed by atoms with E-state index in [-0.39, 0.29) is 5.78 Å². The molecule has 0 bridgehead atoms. The molecule has 5 heteroatoms. The maximum absolute atomic E-state index is 12.8. The van der Waals surface area contributed by atoms with E-state index in [1.807, 2.05) is 56.4 Å². The number of carbonyl (C=O) groups is 1. The van der Waals surface area contributed by atoms with Gasteiger partial charge in [-0.25, -0.2) is 9.97 Å². The average molecular weight is 260 g/mol. The summed E-state index contributed by atoms with van der Waals surface area (Å²) in [6, 6.07) is 0. The predicted molar refractivity (Wildman–Crippen MR) is 72.7 cm³/mol. The second kappa shape index (κ2) is 4.64. The zero-order valence-corrected chi connectivity index (χ0v) is 12.1. The second-order valence-electron chi connectivity index (χ2n) is 5.84. The van der Waals surface area contributed by atoms with Crippen molar-refractivity contribution < 1.29 is 4.79 Å². The molecule has 0 aromatic carbocycles. The van der Waals surface area contributed by atoms with Crippen LogP contribution in [0.1, 0.15) is 38.3 Å². The highest BCUT2D eigenvalue weighted by Gasteiger charge is 2.36. The Morgan fingerprint density at radius 3 is 1.74 bits per heavy atom. The third kappa shape index (κ3) is 2.45. The Labute approximate surface area is 113 Å². The third-order valence-corrected chi connectivity index (χ3v) is 3.23. The normalized spacial score (nSPS) is 12.1. The van der Waals surface area contributed by atoms with E-state index in [0.29, 0.717) is 0 Å². The highest BCUT2D eigenvalue weighted by molar-refractivity contribution is 5.91. The van der Waals surface area contributed by atoms with Gasteiger partial charge in [0.25, 0.3) is 0 Å².